The SMILES string of the molecule is CC1(n2c(C3CCCCC3)nc3c2CCNC3)CCCC1. The molecule has 3 nitrogen and oxygen atoms in total. The second kappa shape index (κ2) is 5.42. The van der Waals surface area contributed by atoms with Gasteiger partial charge in [0.25, 0.3) is 0 Å². The highest BCUT2D eigenvalue weighted by atomic mass is 15.2. The van der Waals surface area contributed by atoms with E-state index in [1.165, 1.54) is 75.7 Å². The minimum atomic E-state index is 0.352. The molecule has 1 N–H and O–H groups in total. The lowest BCUT2D eigenvalue weighted by Crippen LogP contribution is -2.33. The Morgan fingerprint density at radius 3 is 2.62 bits per heavy atom. The molecule has 0 amide bonds. The third kappa shape index (κ3) is 2.34. The van der Waals surface area contributed by atoms with Crippen LogP contribution >= 0.6 is 0 Å². The van der Waals surface area contributed by atoms with Crippen LogP contribution < -0.4 is 5.32 Å². The standard InChI is InChI=1S/C18H29N3/c1-18(10-5-6-11-18)21-16-9-12-19-13-15(16)20-17(21)14-7-3-2-4-8-14/h14,19H,2-13H2,1H3. The Hall–Kier alpha value is -0.830. The maximum atomic E-state index is 5.16. The number of nitrogens with zero attached hydrogens (tertiary/aromatic N) is 2. The average Bonchev–Trinajstić information content (AvgIpc) is 3.12. The molecule has 1 aromatic heterocycles. The molecule has 0 bridgehead atoms. The van der Waals surface area contributed by atoms with Gasteiger partial charge in [-0.2, -0.15) is 0 Å². The molecule has 21 heavy (non-hydrogen) atoms. The third-order valence-corrected chi connectivity index (χ3v) is 6.10. The molecule has 0 spiro atoms. The summed E-state index contributed by atoms with van der Waals surface area (Å²) in [4.78, 5) is 5.16. The first-order chi connectivity index (χ1) is 10.3. The Labute approximate surface area is 128 Å². The monoisotopic (exact) mass is 287 g/mol. The van der Waals surface area contributed by atoms with Gasteiger partial charge in [0.2, 0.25) is 0 Å². The van der Waals surface area contributed by atoms with Gasteiger partial charge in [-0.3, -0.25) is 0 Å². The summed E-state index contributed by atoms with van der Waals surface area (Å²) in [5, 5.41) is 3.51. The first-order valence-electron chi connectivity index (χ1n) is 9.09. The van der Waals surface area contributed by atoms with E-state index < -0.39 is 0 Å². The molecule has 1 aliphatic heterocycles. The molecule has 2 heterocycles. The summed E-state index contributed by atoms with van der Waals surface area (Å²) in [5.74, 6) is 2.18. The van der Waals surface area contributed by atoms with E-state index in [-0.39, 0.29) is 0 Å². The van der Waals surface area contributed by atoms with Gasteiger partial charge in [-0.1, -0.05) is 32.1 Å². The zero-order valence-electron chi connectivity index (χ0n) is 13.5. The zero-order valence-corrected chi connectivity index (χ0v) is 13.5. The van der Waals surface area contributed by atoms with Crippen LogP contribution in [0.25, 0.3) is 0 Å². The molecular weight excluding hydrogens is 258 g/mol. The number of fused-ring (bicyclic) bond motifs is 1. The highest BCUT2D eigenvalue weighted by molar-refractivity contribution is 5.25. The molecule has 0 unspecified atom stereocenters. The molecule has 1 aromatic rings. The summed E-state index contributed by atoms with van der Waals surface area (Å²) in [6.07, 6.45) is 13.6. The first kappa shape index (κ1) is 13.8. The van der Waals surface area contributed by atoms with E-state index in [1.54, 1.807) is 5.69 Å². The molecule has 2 aliphatic carbocycles. The second-order valence-electron chi connectivity index (χ2n) is 7.66. The Morgan fingerprint density at radius 1 is 1.10 bits per heavy atom. The molecule has 0 atom stereocenters. The van der Waals surface area contributed by atoms with Gasteiger partial charge >= 0.3 is 0 Å². The van der Waals surface area contributed by atoms with Gasteiger partial charge in [0, 0.05) is 36.7 Å². The predicted octanol–water partition coefficient (Wildman–Crippen LogP) is 3.87. The highest BCUT2D eigenvalue weighted by Crippen LogP contribution is 2.43. The van der Waals surface area contributed by atoms with Crippen molar-refractivity contribution in [2.24, 2.45) is 0 Å². The predicted molar refractivity (Wildman–Crippen MR) is 85.6 cm³/mol. The van der Waals surface area contributed by atoms with Crippen LogP contribution in [0, 0.1) is 0 Å². The molecule has 3 heteroatoms. The molecule has 0 aromatic carbocycles. The van der Waals surface area contributed by atoms with Crippen LogP contribution in [0.5, 0.6) is 0 Å². The summed E-state index contributed by atoms with van der Waals surface area (Å²) in [5.41, 5.74) is 3.28. The molecule has 116 valence electrons. The topological polar surface area (TPSA) is 29.9 Å². The zero-order chi connectivity index (χ0) is 14.3. The molecule has 2 saturated carbocycles. The maximum Gasteiger partial charge on any atom is 0.112 e. The molecule has 0 radical (unpaired) electrons. The number of hydrogen-bond donors (Lipinski definition) is 1. The average molecular weight is 287 g/mol. The number of aromatic nitrogens is 2. The van der Waals surface area contributed by atoms with Crippen molar-refractivity contribution in [3.05, 3.63) is 17.2 Å². The third-order valence-electron chi connectivity index (χ3n) is 6.10. The van der Waals surface area contributed by atoms with Crippen LogP contribution in [-0.4, -0.2) is 16.1 Å². The van der Waals surface area contributed by atoms with E-state index >= 15 is 0 Å². The molecule has 4 rings (SSSR count). The van der Waals surface area contributed by atoms with Crippen LogP contribution in [0.15, 0.2) is 0 Å². The number of nitrogens with one attached hydrogen (secondary N) is 1. The van der Waals surface area contributed by atoms with Crippen molar-refractivity contribution in [2.75, 3.05) is 6.54 Å². The van der Waals surface area contributed by atoms with Crippen molar-refractivity contribution >= 4 is 0 Å². The normalized spacial score (nSPS) is 26.0. The second-order valence-corrected chi connectivity index (χ2v) is 7.66. The molecule has 2 fully saturated rings. The van der Waals surface area contributed by atoms with Gasteiger partial charge in [0.05, 0.1) is 5.69 Å². The van der Waals surface area contributed by atoms with Gasteiger partial charge in [-0.15, -0.1) is 0 Å². The van der Waals surface area contributed by atoms with Crippen LogP contribution in [0.2, 0.25) is 0 Å². The first-order valence-corrected chi connectivity index (χ1v) is 9.09. The van der Waals surface area contributed by atoms with E-state index in [2.05, 4.69) is 16.8 Å². The summed E-state index contributed by atoms with van der Waals surface area (Å²) in [6.45, 7) is 4.60. The Bertz CT molecular complexity index is 505. The Kier molecular flexibility index (Phi) is 3.56. The fraction of sp³-hybridized carbons (Fsp3) is 0.833. The van der Waals surface area contributed by atoms with Crippen molar-refractivity contribution in [1.82, 2.24) is 14.9 Å². The van der Waals surface area contributed by atoms with Crippen molar-refractivity contribution in [3.8, 4) is 0 Å². The van der Waals surface area contributed by atoms with Crippen LogP contribution in [0.3, 0.4) is 0 Å². The van der Waals surface area contributed by atoms with E-state index in [1.807, 2.05) is 0 Å². The summed E-state index contributed by atoms with van der Waals surface area (Å²) in [6, 6.07) is 0. The number of imidazole rings is 1. The van der Waals surface area contributed by atoms with Crippen molar-refractivity contribution in [2.45, 2.75) is 89.1 Å². The molecule has 0 saturated heterocycles. The quantitative estimate of drug-likeness (QED) is 0.895. The van der Waals surface area contributed by atoms with Crippen molar-refractivity contribution in [1.29, 1.82) is 0 Å². The van der Waals surface area contributed by atoms with Gasteiger partial charge in [-0.05, 0) is 32.6 Å². The summed E-state index contributed by atoms with van der Waals surface area (Å²) >= 11 is 0. The van der Waals surface area contributed by atoms with E-state index in [0.717, 1.165) is 19.0 Å². The Balaban J connectivity index is 1.79. The minimum Gasteiger partial charge on any atom is -0.326 e. The Morgan fingerprint density at radius 2 is 1.86 bits per heavy atom. The fourth-order valence-corrected chi connectivity index (χ4v) is 4.93. The minimum absolute atomic E-state index is 0.352. The van der Waals surface area contributed by atoms with Gasteiger partial charge < -0.3 is 9.88 Å². The van der Waals surface area contributed by atoms with Gasteiger partial charge in [0.15, 0.2) is 0 Å². The van der Waals surface area contributed by atoms with Gasteiger partial charge in [-0.25, -0.2) is 4.98 Å². The van der Waals surface area contributed by atoms with Crippen molar-refractivity contribution in [3.63, 3.8) is 0 Å². The van der Waals surface area contributed by atoms with E-state index in [9.17, 15) is 0 Å². The largest absolute Gasteiger partial charge is 0.326 e. The van der Waals surface area contributed by atoms with Crippen LogP contribution in [-0.2, 0) is 18.5 Å². The smallest absolute Gasteiger partial charge is 0.112 e. The van der Waals surface area contributed by atoms with Crippen LogP contribution in [0.4, 0.5) is 0 Å². The molecular formula is C18H29N3. The molecule has 3 aliphatic rings. The fourth-order valence-electron chi connectivity index (χ4n) is 4.93. The number of rotatable bonds is 2. The highest BCUT2D eigenvalue weighted by Gasteiger charge is 2.37. The maximum absolute atomic E-state index is 5.16. The van der Waals surface area contributed by atoms with E-state index in [4.69, 9.17) is 4.98 Å². The number of hydrogen-bond acceptors (Lipinski definition) is 2. The lowest BCUT2D eigenvalue weighted by atomic mass is 9.87. The van der Waals surface area contributed by atoms with Crippen molar-refractivity contribution < 1.29 is 0 Å². The van der Waals surface area contributed by atoms with E-state index in [0.29, 0.717) is 5.54 Å². The summed E-state index contributed by atoms with van der Waals surface area (Å²) < 4.78 is 2.74. The van der Waals surface area contributed by atoms with Gasteiger partial charge in [0.1, 0.15) is 5.82 Å². The van der Waals surface area contributed by atoms with Crippen LogP contribution in [0.1, 0.15) is 87.8 Å². The lowest BCUT2D eigenvalue weighted by molar-refractivity contribution is 0.290. The lowest BCUT2D eigenvalue weighted by Gasteiger charge is -2.34. The summed E-state index contributed by atoms with van der Waals surface area (Å²) in [7, 11) is 0.